The molecule has 2 fully saturated rings. The summed E-state index contributed by atoms with van der Waals surface area (Å²) in [4.78, 5) is 15.5. The van der Waals surface area contributed by atoms with Crippen molar-refractivity contribution >= 4 is 21.6 Å². The molecular formula is C22H24N2O3S. The van der Waals surface area contributed by atoms with E-state index in [-0.39, 0.29) is 17.7 Å². The highest BCUT2D eigenvalue weighted by atomic mass is 32.2. The van der Waals surface area contributed by atoms with Crippen molar-refractivity contribution < 1.29 is 13.2 Å². The summed E-state index contributed by atoms with van der Waals surface area (Å²) >= 11 is 0. The SMILES string of the molecule is O=C(c1ccc(N2CCCS2(=O)=O)cc1)N(C1CC1)C1CCc2ccccc21. The molecular weight excluding hydrogens is 372 g/mol. The Balaban J connectivity index is 1.42. The van der Waals surface area contributed by atoms with E-state index in [9.17, 15) is 13.2 Å². The first-order valence-electron chi connectivity index (χ1n) is 10.1. The minimum Gasteiger partial charge on any atom is -0.329 e. The third-order valence-corrected chi connectivity index (χ3v) is 7.98. The minimum absolute atomic E-state index is 0.0556. The van der Waals surface area contributed by atoms with Gasteiger partial charge < -0.3 is 4.90 Å². The van der Waals surface area contributed by atoms with E-state index in [1.807, 2.05) is 0 Å². The third kappa shape index (κ3) is 3.00. The Morgan fingerprint density at radius 1 is 1.00 bits per heavy atom. The molecule has 0 aromatic heterocycles. The normalized spacial score (nSPS) is 22.9. The van der Waals surface area contributed by atoms with Gasteiger partial charge in [-0.3, -0.25) is 9.10 Å². The summed E-state index contributed by atoms with van der Waals surface area (Å²) in [6, 6.07) is 16.0. The number of fused-ring (bicyclic) bond motifs is 1. The maximum absolute atomic E-state index is 13.4. The lowest BCUT2D eigenvalue weighted by Crippen LogP contribution is -2.36. The molecule has 1 aliphatic heterocycles. The van der Waals surface area contributed by atoms with E-state index in [1.54, 1.807) is 24.3 Å². The standard InChI is InChI=1S/C22H24N2O3S/c25-22(17-6-9-18(10-7-17)23-14-3-15-28(23,26)27)24(19-11-12-19)21-13-8-16-4-1-2-5-20(16)21/h1-2,4-7,9-10,19,21H,3,8,11-15H2. The lowest BCUT2D eigenvalue weighted by molar-refractivity contribution is 0.0658. The topological polar surface area (TPSA) is 57.7 Å². The zero-order valence-electron chi connectivity index (χ0n) is 15.8. The van der Waals surface area contributed by atoms with Gasteiger partial charge >= 0.3 is 0 Å². The van der Waals surface area contributed by atoms with Gasteiger partial charge in [-0.2, -0.15) is 0 Å². The van der Waals surface area contributed by atoms with Gasteiger partial charge in [0.25, 0.3) is 5.91 Å². The molecule has 2 aliphatic carbocycles. The zero-order chi connectivity index (χ0) is 19.3. The average molecular weight is 397 g/mol. The smallest absolute Gasteiger partial charge is 0.254 e. The van der Waals surface area contributed by atoms with Crippen LogP contribution in [0.4, 0.5) is 5.69 Å². The number of carbonyl (C=O) groups is 1. The van der Waals surface area contributed by atoms with Crippen LogP contribution in [-0.2, 0) is 16.4 Å². The number of rotatable bonds is 4. The van der Waals surface area contributed by atoms with Crippen molar-refractivity contribution in [1.82, 2.24) is 4.90 Å². The molecule has 3 aliphatic rings. The summed E-state index contributed by atoms with van der Waals surface area (Å²) in [6.45, 7) is 0.517. The third-order valence-electron chi connectivity index (χ3n) is 6.11. The maximum atomic E-state index is 13.4. The van der Waals surface area contributed by atoms with Crippen LogP contribution in [-0.4, -0.2) is 37.6 Å². The van der Waals surface area contributed by atoms with Crippen LogP contribution in [0.25, 0.3) is 0 Å². The molecule has 5 nitrogen and oxygen atoms in total. The van der Waals surface area contributed by atoms with Gasteiger partial charge in [0.15, 0.2) is 0 Å². The lowest BCUT2D eigenvalue weighted by Gasteiger charge is -2.30. The number of hydrogen-bond donors (Lipinski definition) is 0. The van der Waals surface area contributed by atoms with Crippen LogP contribution in [0, 0.1) is 0 Å². The highest BCUT2D eigenvalue weighted by Gasteiger charge is 2.40. The van der Waals surface area contributed by atoms with E-state index in [4.69, 9.17) is 0 Å². The summed E-state index contributed by atoms with van der Waals surface area (Å²) in [5.74, 6) is 0.254. The molecule has 6 heteroatoms. The van der Waals surface area contributed by atoms with Crippen LogP contribution in [0.3, 0.4) is 0 Å². The molecule has 0 radical (unpaired) electrons. The molecule has 1 saturated heterocycles. The minimum atomic E-state index is -3.20. The molecule has 0 N–H and O–H groups in total. The van der Waals surface area contributed by atoms with Crippen molar-refractivity contribution in [2.24, 2.45) is 0 Å². The van der Waals surface area contributed by atoms with Crippen LogP contribution in [0.5, 0.6) is 0 Å². The molecule has 1 unspecified atom stereocenters. The van der Waals surface area contributed by atoms with Crippen molar-refractivity contribution in [3.8, 4) is 0 Å². The molecule has 146 valence electrons. The maximum Gasteiger partial charge on any atom is 0.254 e. The number of amides is 1. The van der Waals surface area contributed by atoms with E-state index in [0.717, 1.165) is 25.7 Å². The largest absolute Gasteiger partial charge is 0.329 e. The van der Waals surface area contributed by atoms with Crippen molar-refractivity contribution in [3.05, 3.63) is 65.2 Å². The van der Waals surface area contributed by atoms with Crippen LogP contribution >= 0.6 is 0 Å². The van der Waals surface area contributed by atoms with Crippen LogP contribution in [0.1, 0.15) is 53.2 Å². The first-order chi connectivity index (χ1) is 13.5. The number of sulfonamides is 1. The molecule has 0 spiro atoms. The molecule has 2 aromatic rings. The second-order valence-corrected chi connectivity index (χ2v) is 10.00. The number of aryl methyl sites for hydroxylation is 1. The van der Waals surface area contributed by atoms with E-state index < -0.39 is 10.0 Å². The summed E-state index contributed by atoms with van der Waals surface area (Å²) in [7, 11) is -3.20. The van der Waals surface area contributed by atoms with Crippen molar-refractivity contribution in [3.63, 3.8) is 0 Å². The van der Waals surface area contributed by atoms with E-state index in [1.165, 1.54) is 15.4 Å². The van der Waals surface area contributed by atoms with Crippen molar-refractivity contribution in [2.45, 2.75) is 44.2 Å². The summed E-state index contributed by atoms with van der Waals surface area (Å²) in [6.07, 6.45) is 4.78. The van der Waals surface area contributed by atoms with Gasteiger partial charge in [0.1, 0.15) is 0 Å². The Kier molecular flexibility index (Phi) is 4.19. The Morgan fingerprint density at radius 2 is 1.75 bits per heavy atom. The lowest BCUT2D eigenvalue weighted by atomic mass is 10.0. The first-order valence-corrected chi connectivity index (χ1v) is 11.7. The Labute approximate surface area is 166 Å². The van der Waals surface area contributed by atoms with Crippen LogP contribution in [0.2, 0.25) is 0 Å². The number of hydrogen-bond acceptors (Lipinski definition) is 3. The van der Waals surface area contributed by atoms with Gasteiger partial charge in [0, 0.05) is 18.2 Å². The highest BCUT2D eigenvalue weighted by molar-refractivity contribution is 7.93. The van der Waals surface area contributed by atoms with Gasteiger partial charge in [0.2, 0.25) is 10.0 Å². The second kappa shape index (κ2) is 6.62. The predicted molar refractivity (Wildman–Crippen MR) is 109 cm³/mol. The number of carbonyl (C=O) groups excluding carboxylic acids is 1. The zero-order valence-corrected chi connectivity index (χ0v) is 16.6. The monoisotopic (exact) mass is 396 g/mol. The molecule has 5 rings (SSSR count). The Bertz CT molecular complexity index is 1010. The molecule has 1 heterocycles. The van der Waals surface area contributed by atoms with E-state index in [0.29, 0.717) is 30.3 Å². The Morgan fingerprint density at radius 3 is 2.43 bits per heavy atom. The van der Waals surface area contributed by atoms with Crippen LogP contribution < -0.4 is 4.31 Å². The van der Waals surface area contributed by atoms with Crippen molar-refractivity contribution in [1.29, 1.82) is 0 Å². The number of benzene rings is 2. The fraction of sp³-hybridized carbons (Fsp3) is 0.409. The number of anilines is 1. The van der Waals surface area contributed by atoms with Crippen molar-refractivity contribution in [2.75, 3.05) is 16.6 Å². The number of nitrogens with zero attached hydrogens (tertiary/aromatic N) is 2. The summed E-state index contributed by atoms with van der Waals surface area (Å²) in [5.41, 5.74) is 3.91. The molecule has 0 bridgehead atoms. The molecule has 1 amide bonds. The highest BCUT2D eigenvalue weighted by Crippen LogP contribution is 2.42. The van der Waals surface area contributed by atoms with Gasteiger partial charge in [0.05, 0.1) is 17.5 Å². The van der Waals surface area contributed by atoms with E-state index in [2.05, 4.69) is 29.2 Å². The quantitative estimate of drug-likeness (QED) is 0.795. The van der Waals surface area contributed by atoms with Gasteiger partial charge in [-0.25, -0.2) is 8.42 Å². The average Bonchev–Trinajstić information content (AvgIpc) is 3.34. The summed E-state index contributed by atoms with van der Waals surface area (Å²) in [5, 5.41) is 0. The second-order valence-electron chi connectivity index (χ2n) is 7.99. The fourth-order valence-corrected chi connectivity index (χ4v) is 6.15. The fourth-order valence-electron chi connectivity index (χ4n) is 4.59. The van der Waals surface area contributed by atoms with Gasteiger partial charge in [-0.1, -0.05) is 24.3 Å². The van der Waals surface area contributed by atoms with Crippen LogP contribution in [0.15, 0.2) is 48.5 Å². The van der Waals surface area contributed by atoms with Gasteiger partial charge in [-0.15, -0.1) is 0 Å². The first kappa shape index (κ1) is 17.7. The Hall–Kier alpha value is -2.34. The summed E-state index contributed by atoms with van der Waals surface area (Å²) < 4.78 is 25.7. The molecule has 1 atom stereocenters. The molecule has 1 saturated carbocycles. The van der Waals surface area contributed by atoms with Gasteiger partial charge in [-0.05, 0) is 67.5 Å². The van der Waals surface area contributed by atoms with E-state index >= 15 is 0 Å². The molecule has 28 heavy (non-hydrogen) atoms. The molecule has 2 aromatic carbocycles. The predicted octanol–water partition coefficient (Wildman–Crippen LogP) is 3.52.